The van der Waals surface area contributed by atoms with Crippen molar-refractivity contribution in [1.29, 1.82) is 0 Å². The number of carbonyl (C=O) groups excluding carboxylic acids is 2. The zero-order chi connectivity index (χ0) is 45.8. The summed E-state index contributed by atoms with van der Waals surface area (Å²) in [5.74, 6) is -0.0881. The molecule has 0 aromatic carbocycles. The number of unbranched alkanes of at least 4 members (excludes halogenated alkanes) is 39. The number of carbonyl (C=O) groups is 2. The molecule has 63 heavy (non-hydrogen) atoms. The summed E-state index contributed by atoms with van der Waals surface area (Å²) in [4.78, 5) is 24.5. The minimum atomic E-state index is -0.851. The summed E-state index contributed by atoms with van der Waals surface area (Å²) in [6, 6.07) is -0.636. The number of aliphatic hydroxyl groups is 2. The fourth-order valence-electron chi connectivity index (χ4n) is 8.63. The van der Waals surface area contributed by atoms with E-state index in [2.05, 4.69) is 31.3 Å². The zero-order valence-electron chi connectivity index (χ0n) is 42.3. The molecule has 0 saturated carbocycles. The van der Waals surface area contributed by atoms with Crippen LogP contribution in [0.15, 0.2) is 24.3 Å². The van der Waals surface area contributed by atoms with Crippen LogP contribution < -0.4 is 5.32 Å². The van der Waals surface area contributed by atoms with Crippen molar-refractivity contribution in [3.05, 3.63) is 24.3 Å². The Bertz CT molecular complexity index is 982. The highest BCUT2D eigenvalue weighted by atomic mass is 16.5. The van der Waals surface area contributed by atoms with Gasteiger partial charge in [-0.2, -0.15) is 0 Å². The van der Waals surface area contributed by atoms with E-state index < -0.39 is 12.1 Å². The normalized spacial score (nSPS) is 12.8. The van der Waals surface area contributed by atoms with Crippen LogP contribution in [-0.4, -0.2) is 47.4 Å². The lowest BCUT2D eigenvalue weighted by atomic mass is 10.0. The van der Waals surface area contributed by atoms with Crippen LogP contribution in [0.3, 0.4) is 0 Å². The quantitative estimate of drug-likeness (QED) is 0.0321. The van der Waals surface area contributed by atoms with E-state index in [0.29, 0.717) is 19.4 Å². The molecule has 0 aliphatic heterocycles. The average Bonchev–Trinajstić information content (AvgIpc) is 3.28. The second kappa shape index (κ2) is 53.0. The zero-order valence-corrected chi connectivity index (χ0v) is 42.3. The minimum Gasteiger partial charge on any atom is -0.466 e. The van der Waals surface area contributed by atoms with E-state index in [-0.39, 0.29) is 18.5 Å². The van der Waals surface area contributed by atoms with Gasteiger partial charge in [-0.3, -0.25) is 9.59 Å². The molecule has 3 N–H and O–H groups in total. The molecule has 0 radical (unpaired) electrons. The monoisotopic (exact) mass is 888 g/mol. The van der Waals surface area contributed by atoms with Crippen LogP contribution >= 0.6 is 0 Å². The van der Waals surface area contributed by atoms with E-state index in [4.69, 9.17) is 4.74 Å². The Balaban J connectivity index is 3.47. The molecule has 0 aromatic rings. The van der Waals surface area contributed by atoms with Crippen LogP contribution in [0.2, 0.25) is 0 Å². The van der Waals surface area contributed by atoms with Crippen molar-refractivity contribution in [3.63, 3.8) is 0 Å². The van der Waals surface area contributed by atoms with Gasteiger partial charge in [0.1, 0.15) is 0 Å². The van der Waals surface area contributed by atoms with Crippen LogP contribution in [0, 0.1) is 0 Å². The fraction of sp³-hybridized carbons (Fsp3) is 0.895. The number of nitrogens with one attached hydrogen (secondary N) is 1. The summed E-state index contributed by atoms with van der Waals surface area (Å²) in [5, 5.41) is 23.1. The molecule has 1 amide bonds. The molecule has 372 valence electrons. The van der Waals surface area contributed by atoms with Gasteiger partial charge < -0.3 is 20.3 Å². The largest absolute Gasteiger partial charge is 0.466 e. The first-order valence-corrected chi connectivity index (χ1v) is 28.1. The van der Waals surface area contributed by atoms with Crippen molar-refractivity contribution in [2.75, 3.05) is 13.2 Å². The number of ether oxygens (including phenoxy) is 1. The van der Waals surface area contributed by atoms with Crippen LogP contribution in [0.25, 0.3) is 0 Å². The number of aliphatic hydroxyl groups excluding tert-OH is 2. The predicted molar refractivity (Wildman–Crippen MR) is 273 cm³/mol. The first-order valence-electron chi connectivity index (χ1n) is 28.1. The third-order valence-corrected chi connectivity index (χ3v) is 13.0. The Kier molecular flexibility index (Phi) is 51.6. The van der Waals surface area contributed by atoms with E-state index in [1.165, 1.54) is 218 Å². The molecule has 6 heteroatoms. The van der Waals surface area contributed by atoms with Crippen molar-refractivity contribution in [1.82, 2.24) is 5.32 Å². The molecule has 2 unspecified atom stereocenters. The molecule has 0 saturated heterocycles. The van der Waals surface area contributed by atoms with Crippen molar-refractivity contribution in [3.8, 4) is 0 Å². The Morgan fingerprint density at radius 2 is 0.746 bits per heavy atom. The van der Waals surface area contributed by atoms with Crippen LogP contribution in [0.1, 0.15) is 303 Å². The molecule has 2 atom stereocenters. The molecule has 0 bridgehead atoms. The summed E-state index contributed by atoms with van der Waals surface area (Å²) in [6.45, 7) is 4.88. The Morgan fingerprint density at radius 3 is 1.13 bits per heavy atom. The van der Waals surface area contributed by atoms with E-state index in [1.807, 2.05) is 6.08 Å². The predicted octanol–water partition coefficient (Wildman–Crippen LogP) is 17.1. The smallest absolute Gasteiger partial charge is 0.305 e. The van der Waals surface area contributed by atoms with Crippen molar-refractivity contribution < 1.29 is 24.5 Å². The molecular formula is C57H109NO5. The first kappa shape index (κ1) is 61.3. The topological polar surface area (TPSA) is 95.9 Å². The van der Waals surface area contributed by atoms with E-state index in [0.717, 1.165) is 57.8 Å². The molecule has 0 aliphatic carbocycles. The molecule has 0 fully saturated rings. The van der Waals surface area contributed by atoms with Crippen molar-refractivity contribution >= 4 is 11.9 Å². The third-order valence-electron chi connectivity index (χ3n) is 13.0. The summed E-state index contributed by atoms with van der Waals surface area (Å²) >= 11 is 0. The van der Waals surface area contributed by atoms with Crippen molar-refractivity contribution in [2.24, 2.45) is 0 Å². The molecule has 0 spiro atoms. The Hall–Kier alpha value is -1.66. The fourth-order valence-corrected chi connectivity index (χ4v) is 8.63. The minimum absolute atomic E-state index is 0.0106. The molecule has 6 nitrogen and oxygen atoms in total. The van der Waals surface area contributed by atoms with E-state index >= 15 is 0 Å². The number of hydrogen-bond acceptors (Lipinski definition) is 5. The maximum atomic E-state index is 12.4. The van der Waals surface area contributed by atoms with E-state index in [9.17, 15) is 19.8 Å². The van der Waals surface area contributed by atoms with Gasteiger partial charge >= 0.3 is 5.97 Å². The Morgan fingerprint density at radius 1 is 0.429 bits per heavy atom. The SMILES string of the molecule is CCCCCCCCC/C=C\CCCCCCCC(=O)OCCCCCCCCCCCCCCCCC(=O)NC(CO)C(O)/C=C/CCCCCCCCCCCCCCCC. The van der Waals surface area contributed by atoms with Gasteiger partial charge in [-0.15, -0.1) is 0 Å². The lowest BCUT2D eigenvalue weighted by Gasteiger charge is -2.20. The number of hydrogen-bond donors (Lipinski definition) is 3. The van der Waals surface area contributed by atoms with Gasteiger partial charge in [-0.1, -0.05) is 256 Å². The third kappa shape index (κ3) is 49.6. The summed E-state index contributed by atoms with van der Waals surface area (Å²) in [7, 11) is 0. The van der Waals surface area contributed by atoms with Crippen LogP contribution in [0.5, 0.6) is 0 Å². The molecule has 0 rings (SSSR count). The standard InChI is InChI=1S/C57H109NO5/c1-3-5-7-9-11-13-15-17-19-21-25-29-33-37-41-45-49-55(60)54(53-59)58-56(61)50-46-42-38-34-30-26-23-24-28-32-36-40-44-48-52-63-57(62)51-47-43-39-35-31-27-22-20-18-16-14-12-10-8-6-4-2/h20,22,45,49,54-55,59-60H,3-19,21,23-44,46-48,50-53H2,1-2H3,(H,58,61)/b22-20-,49-45+. The van der Waals surface area contributed by atoms with Gasteiger partial charge in [-0.05, 0) is 57.8 Å². The first-order chi connectivity index (χ1) is 31.0. The average molecular weight is 889 g/mol. The van der Waals surface area contributed by atoms with Gasteiger partial charge in [0.25, 0.3) is 0 Å². The number of amides is 1. The van der Waals surface area contributed by atoms with Gasteiger partial charge in [0.05, 0.1) is 25.4 Å². The maximum absolute atomic E-state index is 12.4. The van der Waals surface area contributed by atoms with Gasteiger partial charge in [0.2, 0.25) is 5.91 Å². The second-order valence-corrected chi connectivity index (χ2v) is 19.3. The highest BCUT2D eigenvalue weighted by Crippen LogP contribution is 2.16. The molecule has 0 aliphatic rings. The van der Waals surface area contributed by atoms with E-state index in [1.54, 1.807) is 6.08 Å². The number of rotatable bonds is 52. The summed E-state index contributed by atoms with van der Waals surface area (Å²) < 4.78 is 5.47. The van der Waals surface area contributed by atoms with Gasteiger partial charge in [0.15, 0.2) is 0 Å². The Labute approximate surface area is 392 Å². The summed E-state index contributed by atoms with van der Waals surface area (Å²) in [5.41, 5.74) is 0. The molecular weight excluding hydrogens is 779 g/mol. The highest BCUT2D eigenvalue weighted by molar-refractivity contribution is 5.76. The second-order valence-electron chi connectivity index (χ2n) is 19.3. The van der Waals surface area contributed by atoms with Crippen LogP contribution in [0.4, 0.5) is 0 Å². The maximum Gasteiger partial charge on any atom is 0.305 e. The van der Waals surface area contributed by atoms with Gasteiger partial charge in [-0.25, -0.2) is 0 Å². The summed E-state index contributed by atoms with van der Waals surface area (Å²) in [6.07, 6.45) is 63.3. The highest BCUT2D eigenvalue weighted by Gasteiger charge is 2.18. The van der Waals surface area contributed by atoms with Crippen LogP contribution in [-0.2, 0) is 14.3 Å². The lowest BCUT2D eigenvalue weighted by molar-refractivity contribution is -0.143. The number of allylic oxidation sites excluding steroid dienone is 3. The van der Waals surface area contributed by atoms with Crippen molar-refractivity contribution in [2.45, 2.75) is 315 Å². The molecule has 0 heterocycles. The molecule has 0 aromatic heterocycles. The van der Waals surface area contributed by atoms with Gasteiger partial charge in [0, 0.05) is 12.8 Å². The number of esters is 1. The lowest BCUT2D eigenvalue weighted by Crippen LogP contribution is -2.45.